The van der Waals surface area contributed by atoms with E-state index < -0.39 is 12.0 Å². The Morgan fingerprint density at radius 1 is 1.07 bits per heavy atom. The average molecular weight is 371 g/mol. The number of hydrogen-bond donors (Lipinski definition) is 2. The van der Waals surface area contributed by atoms with Crippen LogP contribution < -0.4 is 15.4 Å². The minimum absolute atomic E-state index is 0.408. The van der Waals surface area contributed by atoms with Crippen LogP contribution in [0.2, 0.25) is 0 Å². The summed E-state index contributed by atoms with van der Waals surface area (Å²) >= 11 is 0. The number of aliphatic carboxylic acids is 1. The van der Waals surface area contributed by atoms with Crippen molar-refractivity contribution in [2.45, 2.75) is 32.2 Å². The van der Waals surface area contributed by atoms with Crippen molar-refractivity contribution in [1.82, 2.24) is 5.06 Å². The van der Waals surface area contributed by atoms with Crippen LogP contribution in [0.15, 0.2) is 65.8 Å². The lowest BCUT2D eigenvalue weighted by Crippen LogP contribution is -2.34. The number of unbranched alkanes of at least 4 members (excludes halogenated alkanes) is 1. The topological polar surface area (TPSA) is 97.4 Å². The van der Waals surface area contributed by atoms with Gasteiger partial charge in [0.25, 0.3) is 0 Å². The maximum Gasteiger partial charge on any atom is 0.320 e. The molecular weight excluding hydrogens is 346 g/mol. The first kappa shape index (κ1) is 20.3. The first-order chi connectivity index (χ1) is 13.1. The molecule has 1 unspecified atom stereocenters. The molecule has 1 atom stereocenters. The third-order valence-corrected chi connectivity index (χ3v) is 3.79. The number of rotatable bonds is 10. The summed E-state index contributed by atoms with van der Waals surface area (Å²) < 4.78 is 0. The second-order valence-electron chi connectivity index (χ2n) is 5.99. The summed E-state index contributed by atoms with van der Waals surface area (Å²) in [7, 11) is 0. The van der Waals surface area contributed by atoms with Gasteiger partial charge in [0, 0.05) is 6.92 Å². The molecule has 0 heterocycles. The van der Waals surface area contributed by atoms with E-state index in [1.165, 1.54) is 0 Å². The highest BCUT2D eigenvalue weighted by molar-refractivity contribution is 5.78. The first-order valence-electron chi connectivity index (χ1n) is 8.82. The number of hydrogen-bond acceptors (Lipinski definition) is 5. The van der Waals surface area contributed by atoms with Gasteiger partial charge in [-0.05, 0) is 43.5 Å². The van der Waals surface area contributed by atoms with E-state index in [-0.39, 0.29) is 0 Å². The van der Waals surface area contributed by atoms with Gasteiger partial charge < -0.3 is 20.5 Å². The van der Waals surface area contributed by atoms with Gasteiger partial charge in [-0.3, -0.25) is 4.79 Å². The molecule has 2 aromatic rings. The molecule has 27 heavy (non-hydrogen) atoms. The maximum atomic E-state index is 10.8. The Morgan fingerprint density at radius 3 is 2.26 bits per heavy atom. The van der Waals surface area contributed by atoms with Gasteiger partial charge in [0.1, 0.15) is 6.04 Å². The highest BCUT2D eigenvalue weighted by Crippen LogP contribution is 2.14. The van der Waals surface area contributed by atoms with Crippen molar-refractivity contribution in [3.05, 3.63) is 60.7 Å². The summed E-state index contributed by atoms with van der Waals surface area (Å²) in [5, 5.41) is 14.6. The number of carboxylic acid groups (broad SMARTS) is 1. The molecule has 0 spiro atoms. The minimum atomic E-state index is -0.985. The molecule has 2 aromatic carbocycles. The van der Waals surface area contributed by atoms with E-state index in [1.54, 1.807) is 12.0 Å². The Bertz CT molecular complexity index is 723. The van der Waals surface area contributed by atoms with Crippen LogP contribution in [0.25, 0.3) is 0 Å². The van der Waals surface area contributed by atoms with E-state index in [2.05, 4.69) is 5.16 Å². The molecular formula is C20H25N3O4. The van der Waals surface area contributed by atoms with Crippen molar-refractivity contribution in [1.29, 1.82) is 0 Å². The van der Waals surface area contributed by atoms with Gasteiger partial charge in [-0.25, -0.2) is 0 Å². The third kappa shape index (κ3) is 7.37. The molecule has 0 radical (unpaired) electrons. The van der Waals surface area contributed by atoms with Gasteiger partial charge >= 0.3 is 5.97 Å². The van der Waals surface area contributed by atoms with Crippen molar-refractivity contribution >= 4 is 11.8 Å². The minimum Gasteiger partial charge on any atom is -0.480 e. The Labute approximate surface area is 158 Å². The van der Waals surface area contributed by atoms with Gasteiger partial charge in [0.2, 0.25) is 0 Å². The fourth-order valence-electron chi connectivity index (χ4n) is 2.27. The summed E-state index contributed by atoms with van der Waals surface area (Å²) in [5.41, 5.74) is 5.54. The molecule has 0 aliphatic heterocycles. The molecule has 0 amide bonds. The lowest BCUT2D eigenvalue weighted by Gasteiger charge is -2.23. The summed E-state index contributed by atoms with van der Waals surface area (Å²) in [5.74, 6) is 0.865. The van der Waals surface area contributed by atoms with Crippen molar-refractivity contribution in [3.8, 4) is 11.5 Å². The number of oxime groups is 1. The predicted molar refractivity (Wildman–Crippen MR) is 103 cm³/mol. The SMILES string of the molecule is C/C(=N\Oc1ccccc1)N(CCCCC(N)C(=O)O)Oc1ccccc1. The van der Waals surface area contributed by atoms with Gasteiger partial charge in [-0.1, -0.05) is 41.6 Å². The molecule has 0 bridgehead atoms. The normalized spacial score (nSPS) is 12.3. The van der Waals surface area contributed by atoms with E-state index in [9.17, 15) is 4.79 Å². The summed E-state index contributed by atoms with van der Waals surface area (Å²) in [4.78, 5) is 22.1. The number of hydroxylamine groups is 2. The number of nitrogens with two attached hydrogens (primary N) is 1. The summed E-state index contributed by atoms with van der Waals surface area (Å²) in [6.07, 6.45) is 1.77. The maximum absolute atomic E-state index is 10.8. The second-order valence-corrected chi connectivity index (χ2v) is 5.99. The van der Waals surface area contributed by atoms with Crippen LogP contribution in [0.4, 0.5) is 0 Å². The van der Waals surface area contributed by atoms with E-state index in [0.717, 1.165) is 0 Å². The summed E-state index contributed by atoms with van der Waals surface area (Å²) in [6, 6.07) is 17.8. The van der Waals surface area contributed by atoms with Gasteiger partial charge in [0.15, 0.2) is 17.3 Å². The smallest absolute Gasteiger partial charge is 0.320 e. The highest BCUT2D eigenvalue weighted by Gasteiger charge is 2.13. The Hall–Kier alpha value is -3.06. The molecule has 0 aromatic heterocycles. The molecule has 0 aliphatic rings. The van der Waals surface area contributed by atoms with Gasteiger partial charge in [-0.15, -0.1) is 0 Å². The molecule has 0 saturated heterocycles. The second kappa shape index (κ2) is 10.8. The fourth-order valence-corrected chi connectivity index (χ4v) is 2.27. The van der Waals surface area contributed by atoms with Crippen LogP contribution in [0, 0.1) is 0 Å². The van der Waals surface area contributed by atoms with Crippen LogP contribution in [0.3, 0.4) is 0 Å². The molecule has 0 saturated carbocycles. The Morgan fingerprint density at radius 2 is 1.67 bits per heavy atom. The van der Waals surface area contributed by atoms with Gasteiger partial charge in [0.05, 0.1) is 6.54 Å². The van der Waals surface area contributed by atoms with Gasteiger partial charge in [-0.2, -0.15) is 5.06 Å². The number of benzene rings is 2. The van der Waals surface area contributed by atoms with E-state index in [0.29, 0.717) is 43.1 Å². The lowest BCUT2D eigenvalue weighted by atomic mass is 10.1. The number of nitrogens with zero attached hydrogens (tertiary/aromatic N) is 2. The molecule has 7 nitrogen and oxygen atoms in total. The molecule has 2 rings (SSSR count). The average Bonchev–Trinajstić information content (AvgIpc) is 2.69. The van der Waals surface area contributed by atoms with Crippen molar-refractivity contribution in [3.63, 3.8) is 0 Å². The molecule has 7 heteroatoms. The zero-order valence-corrected chi connectivity index (χ0v) is 15.3. The molecule has 144 valence electrons. The molecule has 3 N–H and O–H groups in total. The lowest BCUT2D eigenvalue weighted by molar-refractivity contribution is -0.138. The van der Waals surface area contributed by atoms with Crippen LogP contribution >= 0.6 is 0 Å². The monoisotopic (exact) mass is 371 g/mol. The highest BCUT2D eigenvalue weighted by atomic mass is 16.7. The number of carbonyl (C=O) groups is 1. The standard InChI is InChI=1S/C20H25N3O4/c1-16(22-26-17-10-4-2-5-11-17)23(27-18-12-6-3-7-13-18)15-9-8-14-19(21)20(24)25/h2-7,10-13,19H,8-9,14-15,21H2,1H3,(H,24,25)/b22-16+. The molecule has 0 fully saturated rings. The molecule has 0 aliphatic carbocycles. The largest absolute Gasteiger partial charge is 0.480 e. The number of carboxylic acids is 1. The van der Waals surface area contributed by atoms with Crippen LogP contribution in [-0.4, -0.2) is 34.6 Å². The van der Waals surface area contributed by atoms with Crippen LogP contribution in [0.1, 0.15) is 26.2 Å². The zero-order valence-electron chi connectivity index (χ0n) is 15.3. The quantitative estimate of drug-likeness (QED) is 0.288. The van der Waals surface area contributed by atoms with E-state index >= 15 is 0 Å². The first-order valence-corrected chi connectivity index (χ1v) is 8.82. The Kier molecular flexibility index (Phi) is 8.12. The third-order valence-electron chi connectivity index (χ3n) is 3.79. The van der Waals surface area contributed by atoms with Crippen molar-refractivity contribution < 1.29 is 19.6 Å². The van der Waals surface area contributed by atoms with E-state index in [4.69, 9.17) is 20.5 Å². The van der Waals surface area contributed by atoms with Crippen LogP contribution in [0.5, 0.6) is 11.5 Å². The van der Waals surface area contributed by atoms with E-state index in [1.807, 2.05) is 60.7 Å². The zero-order chi connectivity index (χ0) is 19.5. The summed E-state index contributed by atoms with van der Waals surface area (Å²) in [6.45, 7) is 2.31. The Balaban J connectivity index is 1.96. The predicted octanol–water partition coefficient (Wildman–Crippen LogP) is 3.28. The van der Waals surface area contributed by atoms with Crippen LogP contribution in [-0.2, 0) is 4.79 Å². The number of amidine groups is 1. The fraction of sp³-hybridized carbons (Fsp3) is 0.300. The number of para-hydroxylation sites is 2. The van der Waals surface area contributed by atoms with Crippen molar-refractivity contribution in [2.24, 2.45) is 10.9 Å². The van der Waals surface area contributed by atoms with Crippen molar-refractivity contribution in [2.75, 3.05) is 6.54 Å².